The number of ether oxygens (including phenoxy) is 1. The Morgan fingerprint density at radius 3 is 2.70 bits per heavy atom. The Labute approximate surface area is 122 Å². The highest BCUT2D eigenvalue weighted by Crippen LogP contribution is 2.32. The minimum Gasteiger partial charge on any atom is -0.465 e. The average molecular weight is 297 g/mol. The van der Waals surface area contributed by atoms with Crippen molar-refractivity contribution < 1.29 is 14.3 Å². The molecule has 1 aromatic carbocycles. The molecule has 0 aliphatic heterocycles. The fourth-order valence-electron chi connectivity index (χ4n) is 2.23. The Kier molecular flexibility index (Phi) is 4.30. The molecule has 1 aliphatic carbocycles. The Morgan fingerprint density at radius 2 is 2.15 bits per heavy atom. The molecule has 1 saturated carbocycles. The lowest BCUT2D eigenvalue weighted by molar-refractivity contribution is -0.118. The maximum Gasteiger partial charge on any atom is 0.339 e. The second-order valence-corrected chi connectivity index (χ2v) is 5.56. The van der Waals surface area contributed by atoms with Crippen molar-refractivity contribution in [1.29, 1.82) is 0 Å². The van der Waals surface area contributed by atoms with Crippen LogP contribution in [0.3, 0.4) is 0 Å². The zero-order valence-corrected chi connectivity index (χ0v) is 12.0. The van der Waals surface area contributed by atoms with Crippen LogP contribution >= 0.6 is 11.6 Å². The molecular formula is C14H17ClN2O3. The van der Waals surface area contributed by atoms with Crippen molar-refractivity contribution in [3.05, 3.63) is 28.8 Å². The molecule has 1 fully saturated rings. The van der Waals surface area contributed by atoms with Crippen molar-refractivity contribution in [1.82, 2.24) is 0 Å². The molecule has 0 atom stereocenters. The van der Waals surface area contributed by atoms with Crippen molar-refractivity contribution in [2.75, 3.05) is 12.4 Å². The standard InChI is InChI=1S/C14H17ClN2O3/c1-20-13(19)10-4-3-9(15)7-11(10)17-12(18)8-14(16)5-2-6-14/h3-4,7H,2,5-6,8,16H2,1H3,(H,17,18). The lowest BCUT2D eigenvalue weighted by atomic mass is 9.75. The summed E-state index contributed by atoms with van der Waals surface area (Å²) in [5, 5.41) is 3.12. The molecule has 1 amide bonds. The maximum absolute atomic E-state index is 12.0. The number of benzene rings is 1. The number of esters is 1. The number of carbonyl (C=O) groups excluding carboxylic acids is 2. The number of halogens is 1. The zero-order valence-electron chi connectivity index (χ0n) is 11.2. The highest BCUT2D eigenvalue weighted by Gasteiger charge is 2.34. The molecule has 20 heavy (non-hydrogen) atoms. The number of methoxy groups -OCH3 is 1. The maximum atomic E-state index is 12.0. The van der Waals surface area contributed by atoms with E-state index in [2.05, 4.69) is 10.1 Å². The molecule has 0 spiro atoms. The highest BCUT2D eigenvalue weighted by molar-refractivity contribution is 6.31. The largest absolute Gasteiger partial charge is 0.465 e. The van der Waals surface area contributed by atoms with Gasteiger partial charge in [0.1, 0.15) is 0 Å². The van der Waals surface area contributed by atoms with Gasteiger partial charge in [0, 0.05) is 17.0 Å². The first kappa shape index (κ1) is 14.8. The van der Waals surface area contributed by atoms with E-state index >= 15 is 0 Å². The van der Waals surface area contributed by atoms with E-state index in [9.17, 15) is 9.59 Å². The van der Waals surface area contributed by atoms with E-state index in [4.69, 9.17) is 17.3 Å². The smallest absolute Gasteiger partial charge is 0.339 e. The number of anilines is 1. The summed E-state index contributed by atoms with van der Waals surface area (Å²) >= 11 is 5.89. The van der Waals surface area contributed by atoms with Crippen molar-refractivity contribution in [2.45, 2.75) is 31.2 Å². The van der Waals surface area contributed by atoms with Gasteiger partial charge in [-0.1, -0.05) is 11.6 Å². The van der Waals surface area contributed by atoms with Gasteiger partial charge in [0.15, 0.2) is 0 Å². The minimum atomic E-state index is -0.525. The summed E-state index contributed by atoms with van der Waals surface area (Å²) in [5.41, 5.74) is 6.24. The van der Waals surface area contributed by atoms with E-state index in [0.29, 0.717) is 10.7 Å². The summed E-state index contributed by atoms with van der Waals surface area (Å²) in [4.78, 5) is 23.6. The first-order valence-electron chi connectivity index (χ1n) is 6.40. The van der Waals surface area contributed by atoms with E-state index in [1.165, 1.54) is 19.2 Å². The molecule has 108 valence electrons. The molecule has 0 unspecified atom stereocenters. The van der Waals surface area contributed by atoms with Crippen LogP contribution in [0.5, 0.6) is 0 Å². The number of nitrogens with one attached hydrogen (secondary N) is 1. The van der Waals surface area contributed by atoms with Crippen molar-refractivity contribution >= 4 is 29.2 Å². The van der Waals surface area contributed by atoms with E-state index in [-0.39, 0.29) is 17.9 Å². The van der Waals surface area contributed by atoms with Crippen LogP contribution in [0, 0.1) is 0 Å². The summed E-state index contributed by atoms with van der Waals surface area (Å²) in [6, 6.07) is 4.61. The number of hydrogen-bond donors (Lipinski definition) is 2. The first-order valence-corrected chi connectivity index (χ1v) is 6.78. The van der Waals surface area contributed by atoms with Gasteiger partial charge in [-0.2, -0.15) is 0 Å². The predicted octanol–water partition coefficient (Wildman–Crippen LogP) is 2.34. The fourth-order valence-corrected chi connectivity index (χ4v) is 2.40. The zero-order chi connectivity index (χ0) is 14.8. The number of carbonyl (C=O) groups is 2. The third kappa shape index (κ3) is 3.29. The Morgan fingerprint density at radius 1 is 1.45 bits per heavy atom. The molecule has 2 rings (SSSR count). The van der Waals surface area contributed by atoms with Gasteiger partial charge < -0.3 is 15.8 Å². The van der Waals surface area contributed by atoms with Crippen molar-refractivity contribution in [3.63, 3.8) is 0 Å². The second kappa shape index (κ2) is 5.81. The van der Waals surface area contributed by atoms with Crippen LogP contribution in [-0.2, 0) is 9.53 Å². The molecule has 1 aliphatic rings. The van der Waals surface area contributed by atoms with Gasteiger partial charge in [0.25, 0.3) is 0 Å². The van der Waals surface area contributed by atoms with Crippen LogP contribution in [-0.4, -0.2) is 24.5 Å². The molecule has 0 saturated heterocycles. The minimum absolute atomic E-state index is 0.223. The van der Waals surface area contributed by atoms with Gasteiger partial charge in [0.2, 0.25) is 5.91 Å². The van der Waals surface area contributed by atoms with Crippen molar-refractivity contribution in [2.24, 2.45) is 5.73 Å². The quantitative estimate of drug-likeness (QED) is 0.836. The highest BCUT2D eigenvalue weighted by atomic mass is 35.5. The molecule has 5 nitrogen and oxygen atoms in total. The molecule has 6 heteroatoms. The molecule has 1 aromatic rings. The molecule has 0 bridgehead atoms. The van der Waals surface area contributed by atoms with Gasteiger partial charge in [-0.15, -0.1) is 0 Å². The van der Waals surface area contributed by atoms with E-state index in [1.807, 2.05) is 0 Å². The lowest BCUT2D eigenvalue weighted by Gasteiger charge is -2.37. The summed E-state index contributed by atoms with van der Waals surface area (Å²) < 4.78 is 4.67. The first-order chi connectivity index (χ1) is 9.43. The SMILES string of the molecule is COC(=O)c1ccc(Cl)cc1NC(=O)CC1(N)CCC1. The molecule has 0 radical (unpaired) electrons. The van der Waals surface area contributed by atoms with Gasteiger partial charge in [0.05, 0.1) is 18.4 Å². The van der Waals surface area contributed by atoms with Gasteiger partial charge >= 0.3 is 5.97 Å². The van der Waals surface area contributed by atoms with E-state index in [0.717, 1.165) is 19.3 Å². The third-order valence-corrected chi connectivity index (χ3v) is 3.76. The summed E-state index contributed by atoms with van der Waals surface area (Å²) in [5.74, 6) is -0.748. The topological polar surface area (TPSA) is 81.4 Å². The van der Waals surface area contributed by atoms with Gasteiger partial charge in [-0.3, -0.25) is 4.79 Å². The number of rotatable bonds is 4. The average Bonchev–Trinajstić information content (AvgIpc) is 2.36. The van der Waals surface area contributed by atoms with Crippen LogP contribution < -0.4 is 11.1 Å². The van der Waals surface area contributed by atoms with E-state index in [1.54, 1.807) is 6.07 Å². The second-order valence-electron chi connectivity index (χ2n) is 5.12. The summed E-state index contributed by atoms with van der Waals surface area (Å²) in [6.07, 6.45) is 2.98. The summed E-state index contributed by atoms with van der Waals surface area (Å²) in [6.45, 7) is 0. The van der Waals surface area contributed by atoms with E-state index < -0.39 is 11.5 Å². The monoisotopic (exact) mass is 296 g/mol. The van der Waals surface area contributed by atoms with Crippen LogP contribution in [0.1, 0.15) is 36.0 Å². The predicted molar refractivity (Wildman–Crippen MR) is 76.8 cm³/mol. The fraction of sp³-hybridized carbons (Fsp3) is 0.429. The Bertz CT molecular complexity index is 541. The number of amides is 1. The van der Waals surface area contributed by atoms with Crippen LogP contribution in [0.2, 0.25) is 5.02 Å². The third-order valence-electron chi connectivity index (χ3n) is 3.52. The normalized spacial score (nSPS) is 16.1. The molecule has 0 aromatic heterocycles. The number of hydrogen-bond acceptors (Lipinski definition) is 4. The van der Waals surface area contributed by atoms with Crippen LogP contribution in [0.15, 0.2) is 18.2 Å². The molecule has 3 N–H and O–H groups in total. The van der Waals surface area contributed by atoms with Gasteiger partial charge in [-0.05, 0) is 37.5 Å². The molecule has 0 heterocycles. The number of nitrogens with two attached hydrogens (primary N) is 1. The summed E-state index contributed by atoms with van der Waals surface area (Å²) in [7, 11) is 1.28. The molecular weight excluding hydrogens is 280 g/mol. The Balaban J connectivity index is 2.13. The van der Waals surface area contributed by atoms with Crippen LogP contribution in [0.4, 0.5) is 5.69 Å². The Hall–Kier alpha value is -1.59. The van der Waals surface area contributed by atoms with Crippen molar-refractivity contribution in [3.8, 4) is 0 Å². The van der Waals surface area contributed by atoms with Gasteiger partial charge in [-0.25, -0.2) is 4.79 Å². The van der Waals surface area contributed by atoms with Crippen LogP contribution in [0.25, 0.3) is 0 Å². The lowest BCUT2D eigenvalue weighted by Crippen LogP contribution is -2.49.